The third-order valence-electron chi connectivity index (χ3n) is 4.06. The first-order chi connectivity index (χ1) is 9.94. The highest BCUT2D eigenvalue weighted by atomic mass is 16.6. The second-order valence-corrected chi connectivity index (χ2v) is 5.80. The van der Waals surface area contributed by atoms with Crippen molar-refractivity contribution in [3.05, 3.63) is 22.4 Å². The van der Waals surface area contributed by atoms with Crippen LogP contribution in [0, 0.1) is 16.0 Å². The van der Waals surface area contributed by atoms with E-state index < -0.39 is 10.5 Å². The number of aliphatic hydroxyl groups excluding tert-OH is 1. The number of nitrogens with zero attached hydrogens (tertiary/aromatic N) is 3. The van der Waals surface area contributed by atoms with E-state index in [1.807, 2.05) is 0 Å². The van der Waals surface area contributed by atoms with E-state index in [0.29, 0.717) is 5.92 Å². The summed E-state index contributed by atoms with van der Waals surface area (Å²) in [4.78, 5) is 22.0. The maximum absolute atomic E-state index is 12.1. The lowest BCUT2D eigenvalue weighted by Crippen LogP contribution is -2.54. The van der Waals surface area contributed by atoms with Gasteiger partial charge < -0.3 is 20.5 Å². The molecule has 116 valence electrons. The molecule has 0 atom stereocenters. The van der Waals surface area contributed by atoms with Gasteiger partial charge in [0, 0.05) is 0 Å². The molecule has 1 aromatic heterocycles. The Morgan fingerprint density at radius 1 is 1.62 bits per heavy atom. The summed E-state index contributed by atoms with van der Waals surface area (Å²) in [6, 6.07) is 1.25. The number of rotatable bonds is 5. The normalized spacial score (nSPS) is 25.5. The van der Waals surface area contributed by atoms with E-state index in [1.165, 1.54) is 16.9 Å². The number of aromatic nitrogens is 2. The summed E-state index contributed by atoms with van der Waals surface area (Å²) in [5.74, 6) is 0.0260. The summed E-state index contributed by atoms with van der Waals surface area (Å²) in [6.07, 6.45) is 4.82. The number of nitro groups is 1. The Balaban J connectivity index is 1.95. The predicted molar refractivity (Wildman–Crippen MR) is 74.5 cm³/mol. The molecule has 0 bridgehead atoms. The Labute approximate surface area is 122 Å². The molecule has 2 N–H and O–H groups in total. The van der Waals surface area contributed by atoms with Crippen LogP contribution < -0.4 is 5.32 Å². The molecular formula is C13H20N4O4. The number of carbonyl (C=O) groups is 1. The van der Waals surface area contributed by atoms with Crippen LogP contribution in [0.5, 0.6) is 0 Å². The first-order valence-corrected chi connectivity index (χ1v) is 7.04. The summed E-state index contributed by atoms with van der Waals surface area (Å²) in [7, 11) is 0. The van der Waals surface area contributed by atoms with Crippen LogP contribution in [-0.2, 0) is 11.3 Å². The average Bonchev–Trinajstić information content (AvgIpc) is 2.90. The lowest BCUT2D eigenvalue weighted by Gasteiger charge is -2.38. The molecular weight excluding hydrogens is 276 g/mol. The van der Waals surface area contributed by atoms with Gasteiger partial charge in [-0.05, 0) is 36.5 Å². The van der Waals surface area contributed by atoms with Gasteiger partial charge in [-0.3, -0.25) is 4.79 Å². The first kappa shape index (κ1) is 15.4. The molecule has 0 unspecified atom stereocenters. The Kier molecular flexibility index (Phi) is 4.56. The largest absolute Gasteiger partial charge is 0.394 e. The van der Waals surface area contributed by atoms with Crippen LogP contribution in [0.15, 0.2) is 12.3 Å². The fourth-order valence-corrected chi connectivity index (χ4v) is 2.66. The molecule has 0 saturated heterocycles. The van der Waals surface area contributed by atoms with E-state index in [2.05, 4.69) is 17.3 Å². The average molecular weight is 296 g/mol. The molecule has 0 aliphatic heterocycles. The summed E-state index contributed by atoms with van der Waals surface area (Å²) < 4.78 is 1.23. The second kappa shape index (κ2) is 6.21. The van der Waals surface area contributed by atoms with Crippen LogP contribution in [0.4, 0.5) is 5.82 Å². The van der Waals surface area contributed by atoms with Gasteiger partial charge in [-0.15, -0.1) is 0 Å². The van der Waals surface area contributed by atoms with Gasteiger partial charge in [0.15, 0.2) is 0 Å². The topological polar surface area (TPSA) is 110 Å². The smallest absolute Gasteiger partial charge is 0.389 e. The van der Waals surface area contributed by atoms with Crippen molar-refractivity contribution in [3.8, 4) is 0 Å². The summed E-state index contributed by atoms with van der Waals surface area (Å²) >= 11 is 0. The molecule has 0 radical (unpaired) electrons. The molecule has 1 aliphatic carbocycles. The van der Waals surface area contributed by atoms with Crippen molar-refractivity contribution in [2.24, 2.45) is 5.92 Å². The highest BCUT2D eigenvalue weighted by molar-refractivity contribution is 5.76. The third kappa shape index (κ3) is 3.78. The van der Waals surface area contributed by atoms with E-state index in [0.717, 1.165) is 25.7 Å². The van der Waals surface area contributed by atoms with Crippen molar-refractivity contribution in [1.29, 1.82) is 0 Å². The van der Waals surface area contributed by atoms with Crippen LogP contribution >= 0.6 is 0 Å². The number of hydrogen-bond donors (Lipinski definition) is 2. The van der Waals surface area contributed by atoms with Crippen LogP contribution in [-0.4, -0.2) is 37.9 Å². The minimum absolute atomic E-state index is 0.0921. The number of carbonyl (C=O) groups excluding carboxylic acids is 1. The molecule has 8 nitrogen and oxygen atoms in total. The van der Waals surface area contributed by atoms with Gasteiger partial charge in [0.25, 0.3) is 0 Å². The van der Waals surface area contributed by atoms with Crippen molar-refractivity contribution in [1.82, 2.24) is 15.1 Å². The molecule has 1 heterocycles. The Morgan fingerprint density at radius 2 is 2.29 bits per heavy atom. The molecule has 0 aromatic carbocycles. The summed E-state index contributed by atoms with van der Waals surface area (Å²) in [5, 5.41) is 26.7. The van der Waals surface area contributed by atoms with Gasteiger partial charge in [-0.1, -0.05) is 6.92 Å². The van der Waals surface area contributed by atoms with E-state index in [1.54, 1.807) is 0 Å². The van der Waals surface area contributed by atoms with Crippen LogP contribution in [0.3, 0.4) is 0 Å². The van der Waals surface area contributed by atoms with Gasteiger partial charge in [0.1, 0.15) is 6.54 Å². The van der Waals surface area contributed by atoms with Gasteiger partial charge in [-0.2, -0.15) is 4.68 Å². The summed E-state index contributed by atoms with van der Waals surface area (Å²) in [5.41, 5.74) is -0.567. The molecule has 1 aliphatic rings. The maximum atomic E-state index is 12.1. The minimum atomic E-state index is -0.605. The molecule has 1 aromatic rings. The monoisotopic (exact) mass is 296 g/mol. The fraction of sp³-hybridized carbons (Fsp3) is 0.692. The fourth-order valence-electron chi connectivity index (χ4n) is 2.66. The van der Waals surface area contributed by atoms with Crippen LogP contribution in [0.25, 0.3) is 0 Å². The van der Waals surface area contributed by atoms with Crippen molar-refractivity contribution in [3.63, 3.8) is 0 Å². The van der Waals surface area contributed by atoms with E-state index >= 15 is 0 Å². The van der Waals surface area contributed by atoms with Crippen LogP contribution in [0.2, 0.25) is 0 Å². The quantitative estimate of drug-likeness (QED) is 0.618. The standard InChI is InChI=1S/C13H20N4O4/c1-10-2-5-13(9-18,6-3-10)14-12(19)8-16-7-4-11(15-16)17(20)21/h4,7,10,18H,2-3,5-6,8-9H2,1H3,(H,14,19). The lowest BCUT2D eigenvalue weighted by atomic mass is 9.77. The van der Waals surface area contributed by atoms with Gasteiger partial charge in [0.2, 0.25) is 5.91 Å². The third-order valence-corrected chi connectivity index (χ3v) is 4.06. The van der Waals surface area contributed by atoms with Gasteiger partial charge in [-0.25, -0.2) is 0 Å². The van der Waals surface area contributed by atoms with E-state index in [9.17, 15) is 20.0 Å². The molecule has 2 rings (SSSR count). The Hall–Kier alpha value is -1.96. The first-order valence-electron chi connectivity index (χ1n) is 7.04. The molecule has 1 amide bonds. The molecule has 1 saturated carbocycles. The van der Waals surface area contributed by atoms with Crippen molar-refractivity contribution in [2.75, 3.05) is 6.61 Å². The number of aliphatic hydroxyl groups is 1. The predicted octanol–water partition coefficient (Wildman–Crippen LogP) is 0.849. The molecule has 8 heteroatoms. The zero-order chi connectivity index (χ0) is 15.5. The van der Waals surface area contributed by atoms with E-state index in [-0.39, 0.29) is 24.9 Å². The van der Waals surface area contributed by atoms with E-state index in [4.69, 9.17) is 0 Å². The highest BCUT2D eigenvalue weighted by Crippen LogP contribution is 2.31. The second-order valence-electron chi connectivity index (χ2n) is 5.80. The molecule has 1 fully saturated rings. The Bertz CT molecular complexity index is 520. The van der Waals surface area contributed by atoms with Crippen LogP contribution in [0.1, 0.15) is 32.6 Å². The Morgan fingerprint density at radius 3 is 2.81 bits per heavy atom. The SMILES string of the molecule is CC1CCC(CO)(NC(=O)Cn2ccc([N+](=O)[O-])n2)CC1. The van der Waals surface area contributed by atoms with Gasteiger partial charge in [0.05, 0.1) is 29.5 Å². The van der Waals surface area contributed by atoms with Crippen molar-refractivity contribution >= 4 is 11.7 Å². The summed E-state index contributed by atoms with van der Waals surface area (Å²) in [6.45, 7) is 1.97. The van der Waals surface area contributed by atoms with Gasteiger partial charge >= 0.3 is 5.82 Å². The number of nitrogens with one attached hydrogen (secondary N) is 1. The highest BCUT2D eigenvalue weighted by Gasteiger charge is 2.35. The zero-order valence-corrected chi connectivity index (χ0v) is 12.0. The minimum Gasteiger partial charge on any atom is -0.394 e. The molecule has 21 heavy (non-hydrogen) atoms. The maximum Gasteiger partial charge on any atom is 0.389 e. The number of amides is 1. The lowest BCUT2D eigenvalue weighted by molar-refractivity contribution is -0.389. The zero-order valence-electron chi connectivity index (χ0n) is 12.0. The number of hydrogen-bond acceptors (Lipinski definition) is 5. The van der Waals surface area contributed by atoms with Crippen molar-refractivity contribution in [2.45, 2.75) is 44.7 Å². The molecule has 0 spiro atoms. The van der Waals surface area contributed by atoms with Crippen molar-refractivity contribution < 1.29 is 14.8 Å².